The smallest absolute Gasteiger partial charge is 0.337 e. The van der Waals surface area contributed by atoms with Gasteiger partial charge in [0, 0.05) is 26.5 Å². The summed E-state index contributed by atoms with van der Waals surface area (Å²) in [6.07, 6.45) is 2.23. The van der Waals surface area contributed by atoms with Crippen molar-refractivity contribution in [3.8, 4) is 11.6 Å². The van der Waals surface area contributed by atoms with Crippen LogP contribution in [0.5, 0.6) is 5.88 Å². The van der Waals surface area contributed by atoms with Crippen LogP contribution in [0.15, 0.2) is 45.1 Å². The van der Waals surface area contributed by atoms with Gasteiger partial charge in [0.05, 0.1) is 17.8 Å². The normalized spacial score (nSPS) is 11.5. The largest absolute Gasteiger partial charge is 0.480 e. The molecule has 0 spiro atoms. The molecule has 0 saturated heterocycles. The van der Waals surface area contributed by atoms with E-state index in [4.69, 9.17) is 16.3 Å². The van der Waals surface area contributed by atoms with Gasteiger partial charge in [0.1, 0.15) is 11.1 Å². The van der Waals surface area contributed by atoms with Gasteiger partial charge in [-0.15, -0.1) is 0 Å². The number of ether oxygens (including phenoxy) is 1. The number of halogens is 3. The minimum atomic E-state index is -4.57. The van der Waals surface area contributed by atoms with Crippen molar-refractivity contribution >= 4 is 44.3 Å². The molecule has 2 N–H and O–H groups in total. The van der Waals surface area contributed by atoms with E-state index in [2.05, 4.69) is 20.3 Å². The molecule has 4 aromatic rings. The lowest BCUT2D eigenvalue weighted by atomic mass is 10.2. The first-order valence-electron chi connectivity index (χ1n) is 9.87. The molecule has 0 aliphatic heterocycles. The Labute approximate surface area is 206 Å². The molecule has 3 heterocycles. The Morgan fingerprint density at radius 3 is 2.53 bits per heavy atom. The maximum Gasteiger partial charge on any atom is 0.337 e. The topological polar surface area (TPSA) is 150 Å². The van der Waals surface area contributed by atoms with Gasteiger partial charge in [-0.2, -0.15) is 4.98 Å². The quantitative estimate of drug-likeness (QED) is 0.373. The molecule has 0 aliphatic carbocycles. The zero-order chi connectivity index (χ0) is 26.4. The summed E-state index contributed by atoms with van der Waals surface area (Å²) in [7, 11) is -0.637. The number of hydrogen-bond acceptors (Lipinski definition) is 9. The zero-order valence-corrected chi connectivity index (χ0v) is 20.3. The van der Waals surface area contributed by atoms with Crippen molar-refractivity contribution in [3.05, 3.63) is 68.1 Å². The van der Waals surface area contributed by atoms with E-state index >= 15 is 4.39 Å². The first kappa shape index (κ1) is 25.0. The second kappa shape index (κ2) is 9.16. The first-order chi connectivity index (χ1) is 17.0. The average Bonchev–Trinajstić information content (AvgIpc) is 2.86. The second-order valence-corrected chi connectivity index (χ2v) is 9.27. The highest BCUT2D eigenvalue weighted by Crippen LogP contribution is 2.29. The van der Waals surface area contributed by atoms with Crippen molar-refractivity contribution in [1.29, 1.82) is 0 Å². The average molecular weight is 540 g/mol. The molecule has 0 radical (unpaired) electrons. The molecule has 0 unspecified atom stereocenters. The van der Waals surface area contributed by atoms with E-state index in [-0.39, 0.29) is 32.5 Å². The molecule has 188 valence electrons. The number of nitrogens with one attached hydrogen (secondary N) is 2. The highest BCUT2D eigenvalue weighted by atomic mass is 35.5. The summed E-state index contributed by atoms with van der Waals surface area (Å²) in [5.74, 6) is -3.06. The lowest BCUT2D eigenvalue weighted by molar-refractivity contribution is 0.385. The molecule has 0 atom stereocenters. The SMILES string of the molecule is CNc1ncc2c(=O)n(-c3c(F)ccc(NS(=O)(=O)c4cc(Cl)cnc4OC)c3F)c(=O)n(C)c2n1. The van der Waals surface area contributed by atoms with E-state index in [1.165, 1.54) is 14.1 Å². The number of methoxy groups -OCH3 is 1. The lowest BCUT2D eigenvalue weighted by Crippen LogP contribution is -2.39. The third kappa shape index (κ3) is 4.11. The summed E-state index contributed by atoms with van der Waals surface area (Å²) in [6.45, 7) is 0. The number of anilines is 2. The number of benzene rings is 1. The van der Waals surface area contributed by atoms with Crippen LogP contribution < -0.4 is 26.0 Å². The Hall–Kier alpha value is -4.11. The van der Waals surface area contributed by atoms with E-state index < -0.39 is 49.2 Å². The Morgan fingerprint density at radius 1 is 1.14 bits per heavy atom. The summed E-state index contributed by atoms with van der Waals surface area (Å²) >= 11 is 5.83. The van der Waals surface area contributed by atoms with Gasteiger partial charge >= 0.3 is 5.69 Å². The molecular weight excluding hydrogens is 524 g/mol. The Bertz CT molecular complexity index is 1760. The van der Waals surface area contributed by atoms with Crippen LogP contribution >= 0.6 is 11.6 Å². The van der Waals surface area contributed by atoms with Crippen LogP contribution in [0.25, 0.3) is 16.7 Å². The number of sulfonamides is 1. The molecule has 0 fully saturated rings. The molecule has 12 nitrogen and oxygen atoms in total. The fourth-order valence-corrected chi connectivity index (χ4v) is 4.75. The lowest BCUT2D eigenvalue weighted by Gasteiger charge is -2.15. The van der Waals surface area contributed by atoms with Gasteiger partial charge in [0.25, 0.3) is 15.6 Å². The van der Waals surface area contributed by atoms with E-state index in [0.717, 1.165) is 36.2 Å². The summed E-state index contributed by atoms with van der Waals surface area (Å²) in [4.78, 5) is 37.2. The van der Waals surface area contributed by atoms with Crippen molar-refractivity contribution < 1.29 is 21.9 Å². The molecule has 3 aromatic heterocycles. The standard InChI is InChI=1S/C20H16ClF2N7O5S/c1-24-19-26-8-10-16(27-19)29(2)20(32)30(18(10)31)15-11(22)4-5-12(14(15)23)28-36(33,34)13-6-9(21)7-25-17(13)35-3/h4-8,28H,1-3H3,(H,24,26,27). The Morgan fingerprint density at radius 2 is 1.86 bits per heavy atom. The fraction of sp³-hybridized carbons (Fsp3) is 0.150. The van der Waals surface area contributed by atoms with Gasteiger partial charge < -0.3 is 10.1 Å². The van der Waals surface area contributed by atoms with Gasteiger partial charge in [-0.3, -0.25) is 14.1 Å². The number of nitrogens with zero attached hydrogens (tertiary/aromatic N) is 5. The number of aryl methyl sites for hydroxylation is 1. The van der Waals surface area contributed by atoms with Gasteiger partial charge in [-0.1, -0.05) is 11.6 Å². The molecule has 4 rings (SSSR count). The number of hydrogen-bond donors (Lipinski definition) is 2. The van der Waals surface area contributed by atoms with Crippen LogP contribution in [0, 0.1) is 11.6 Å². The molecule has 36 heavy (non-hydrogen) atoms. The van der Waals surface area contributed by atoms with Crippen LogP contribution in [0.2, 0.25) is 5.02 Å². The number of pyridine rings is 1. The molecular formula is C20H16ClF2N7O5S. The molecule has 0 saturated carbocycles. The van der Waals surface area contributed by atoms with E-state index in [1.807, 2.05) is 4.72 Å². The summed E-state index contributed by atoms with van der Waals surface area (Å²) in [5, 5.41) is 2.39. The maximum absolute atomic E-state index is 15.5. The van der Waals surface area contributed by atoms with Crippen LogP contribution in [-0.2, 0) is 17.1 Å². The van der Waals surface area contributed by atoms with Crippen molar-refractivity contribution in [2.45, 2.75) is 4.90 Å². The monoisotopic (exact) mass is 539 g/mol. The van der Waals surface area contributed by atoms with E-state index in [9.17, 15) is 22.4 Å². The van der Waals surface area contributed by atoms with E-state index in [0.29, 0.717) is 6.07 Å². The Balaban J connectivity index is 1.93. The predicted molar refractivity (Wildman–Crippen MR) is 126 cm³/mol. The van der Waals surface area contributed by atoms with Crippen molar-refractivity contribution in [2.24, 2.45) is 7.05 Å². The number of fused-ring (bicyclic) bond motifs is 1. The minimum Gasteiger partial charge on any atom is -0.480 e. The van der Waals surface area contributed by atoms with Gasteiger partial charge in [0.2, 0.25) is 11.8 Å². The van der Waals surface area contributed by atoms with E-state index in [1.54, 1.807) is 0 Å². The molecule has 16 heteroatoms. The van der Waals surface area contributed by atoms with Crippen LogP contribution in [0.1, 0.15) is 0 Å². The highest BCUT2D eigenvalue weighted by molar-refractivity contribution is 7.92. The second-order valence-electron chi connectivity index (χ2n) is 7.19. The van der Waals surface area contributed by atoms with Crippen LogP contribution in [0.3, 0.4) is 0 Å². The van der Waals surface area contributed by atoms with Gasteiger partial charge in [-0.05, 0) is 18.2 Å². The predicted octanol–water partition coefficient (Wildman–Crippen LogP) is 1.66. The molecule has 1 aromatic carbocycles. The van der Waals surface area contributed by atoms with Crippen molar-refractivity contribution in [1.82, 2.24) is 24.1 Å². The fourth-order valence-electron chi connectivity index (χ4n) is 3.32. The summed E-state index contributed by atoms with van der Waals surface area (Å²) in [5.41, 5.74) is -4.19. The van der Waals surface area contributed by atoms with Gasteiger partial charge in [0.15, 0.2) is 22.2 Å². The number of rotatable bonds is 6. The van der Waals surface area contributed by atoms with Crippen molar-refractivity contribution in [2.75, 3.05) is 24.2 Å². The third-order valence-corrected chi connectivity index (χ3v) is 6.59. The van der Waals surface area contributed by atoms with Gasteiger partial charge in [-0.25, -0.2) is 36.5 Å². The zero-order valence-electron chi connectivity index (χ0n) is 18.7. The highest BCUT2D eigenvalue weighted by Gasteiger charge is 2.27. The molecule has 0 bridgehead atoms. The molecule has 0 amide bonds. The molecule has 0 aliphatic rings. The minimum absolute atomic E-state index is 0.0497. The summed E-state index contributed by atoms with van der Waals surface area (Å²) in [6, 6.07) is 2.50. The maximum atomic E-state index is 15.5. The summed E-state index contributed by atoms with van der Waals surface area (Å²) < 4.78 is 64.3. The number of aromatic nitrogens is 5. The first-order valence-corrected chi connectivity index (χ1v) is 11.7. The third-order valence-electron chi connectivity index (χ3n) is 5.02. The van der Waals surface area contributed by atoms with Crippen LogP contribution in [0.4, 0.5) is 20.4 Å². The van der Waals surface area contributed by atoms with Crippen molar-refractivity contribution in [3.63, 3.8) is 0 Å². The Kier molecular flexibility index (Phi) is 6.36. The van der Waals surface area contributed by atoms with Crippen LogP contribution in [-0.4, -0.2) is 46.7 Å².